The predicted octanol–water partition coefficient (Wildman–Crippen LogP) is 3.56. The van der Waals surface area contributed by atoms with E-state index in [1.807, 2.05) is 30.3 Å². The molecule has 0 fully saturated rings. The summed E-state index contributed by atoms with van der Waals surface area (Å²) in [7, 11) is 1.50. The number of hydrogen-bond acceptors (Lipinski definition) is 3. The van der Waals surface area contributed by atoms with Gasteiger partial charge in [-0.25, -0.2) is 4.99 Å². The summed E-state index contributed by atoms with van der Waals surface area (Å²) in [4.78, 5) is 4.17. The van der Waals surface area contributed by atoms with Gasteiger partial charge >= 0.3 is 6.61 Å². The molecule has 26 heavy (non-hydrogen) atoms. The van der Waals surface area contributed by atoms with Gasteiger partial charge in [-0.3, -0.25) is 0 Å². The summed E-state index contributed by atoms with van der Waals surface area (Å²) in [5.74, 6) is 0.820. The molecular weight excluding hydrogens is 455 g/mol. The fraction of sp³-hybridized carbons (Fsp3) is 0.278. The van der Waals surface area contributed by atoms with Crippen LogP contribution in [0.4, 0.5) is 8.78 Å². The molecule has 0 aliphatic heterocycles. The number of alkyl halides is 2. The molecule has 0 bridgehead atoms. The first-order chi connectivity index (χ1) is 12.1. The molecule has 0 aromatic heterocycles. The Morgan fingerprint density at radius 2 is 1.92 bits per heavy atom. The van der Waals surface area contributed by atoms with Gasteiger partial charge in [-0.1, -0.05) is 30.3 Å². The third-order valence-corrected chi connectivity index (χ3v) is 3.47. The standard InChI is InChI=1S/C18H21F2N3O2.HI/c1-24-15-7-8-16(25-17(19)20)14(11-15)12-23-18(21)22-10-9-13-5-3-2-4-6-13;/h2-8,11,17H,9-10,12H2,1H3,(H3,21,22,23);1H. The third kappa shape index (κ3) is 7.42. The molecule has 3 N–H and O–H groups in total. The first kappa shape index (κ1) is 21.9. The summed E-state index contributed by atoms with van der Waals surface area (Å²) in [6.07, 6.45) is 0.802. The van der Waals surface area contributed by atoms with E-state index in [2.05, 4.69) is 15.0 Å². The van der Waals surface area contributed by atoms with Crippen LogP contribution >= 0.6 is 24.0 Å². The molecule has 0 aliphatic rings. The molecular formula is C18H22F2IN3O2. The fourth-order valence-electron chi connectivity index (χ4n) is 2.22. The molecule has 0 atom stereocenters. The summed E-state index contributed by atoms with van der Waals surface area (Å²) < 4.78 is 34.6. The number of benzene rings is 2. The highest BCUT2D eigenvalue weighted by molar-refractivity contribution is 14.0. The minimum atomic E-state index is -2.91. The second-order valence-electron chi connectivity index (χ2n) is 5.22. The van der Waals surface area contributed by atoms with Crippen LogP contribution in [0.1, 0.15) is 11.1 Å². The zero-order chi connectivity index (χ0) is 18.1. The molecule has 0 saturated heterocycles. The van der Waals surface area contributed by atoms with Crippen LogP contribution in [0.5, 0.6) is 11.5 Å². The summed E-state index contributed by atoms with van der Waals surface area (Å²) in [5, 5.41) is 3.00. The van der Waals surface area contributed by atoms with Crippen molar-refractivity contribution in [3.63, 3.8) is 0 Å². The lowest BCUT2D eigenvalue weighted by Gasteiger charge is -2.11. The van der Waals surface area contributed by atoms with Crippen molar-refractivity contribution in [1.82, 2.24) is 5.32 Å². The van der Waals surface area contributed by atoms with Gasteiger partial charge < -0.3 is 20.5 Å². The highest BCUT2D eigenvalue weighted by atomic mass is 127. The van der Waals surface area contributed by atoms with Gasteiger partial charge in [0.2, 0.25) is 0 Å². The molecule has 8 heteroatoms. The van der Waals surface area contributed by atoms with Crippen LogP contribution in [0.2, 0.25) is 0 Å². The van der Waals surface area contributed by atoms with E-state index in [0.717, 1.165) is 6.42 Å². The number of halogens is 3. The van der Waals surface area contributed by atoms with Gasteiger partial charge in [-0.2, -0.15) is 8.78 Å². The van der Waals surface area contributed by atoms with Crippen LogP contribution in [-0.2, 0) is 13.0 Å². The maximum atomic E-state index is 12.5. The zero-order valence-corrected chi connectivity index (χ0v) is 16.7. The van der Waals surface area contributed by atoms with Gasteiger partial charge in [0.1, 0.15) is 11.5 Å². The number of rotatable bonds is 8. The number of nitrogens with two attached hydrogens (primary N) is 1. The molecule has 0 unspecified atom stereocenters. The SMILES string of the molecule is COc1ccc(OC(F)F)c(CN=C(N)NCCc2ccccc2)c1.I. The largest absolute Gasteiger partial charge is 0.497 e. The number of aliphatic imine (C=N–C) groups is 1. The van der Waals surface area contributed by atoms with E-state index < -0.39 is 6.61 Å². The van der Waals surface area contributed by atoms with E-state index >= 15 is 0 Å². The Bertz CT molecular complexity index is 700. The summed E-state index contributed by atoms with van der Waals surface area (Å²) in [6, 6.07) is 14.5. The quantitative estimate of drug-likeness (QED) is 0.347. The van der Waals surface area contributed by atoms with Crippen molar-refractivity contribution < 1.29 is 18.3 Å². The monoisotopic (exact) mass is 477 g/mol. The topological polar surface area (TPSA) is 68.9 Å². The molecule has 5 nitrogen and oxygen atoms in total. The number of guanidine groups is 1. The first-order valence-electron chi connectivity index (χ1n) is 7.78. The summed E-state index contributed by atoms with van der Waals surface area (Å²) in [5.41, 5.74) is 7.48. The smallest absolute Gasteiger partial charge is 0.387 e. The fourth-order valence-corrected chi connectivity index (χ4v) is 2.22. The van der Waals surface area contributed by atoms with Gasteiger partial charge in [-0.05, 0) is 30.2 Å². The zero-order valence-electron chi connectivity index (χ0n) is 14.3. The normalized spacial score (nSPS) is 11.0. The second-order valence-corrected chi connectivity index (χ2v) is 5.22. The molecule has 2 rings (SSSR count). The van der Waals surface area contributed by atoms with Crippen LogP contribution in [0, 0.1) is 0 Å². The van der Waals surface area contributed by atoms with Crippen molar-refractivity contribution in [3.8, 4) is 11.5 Å². The van der Waals surface area contributed by atoms with E-state index in [-0.39, 0.29) is 42.2 Å². The third-order valence-electron chi connectivity index (χ3n) is 3.47. The average Bonchev–Trinajstić information content (AvgIpc) is 2.61. The van der Waals surface area contributed by atoms with Gasteiger partial charge in [0.15, 0.2) is 5.96 Å². The maximum Gasteiger partial charge on any atom is 0.387 e. The lowest BCUT2D eigenvalue weighted by atomic mass is 10.1. The van der Waals surface area contributed by atoms with Crippen LogP contribution in [0.25, 0.3) is 0 Å². The molecule has 0 saturated carbocycles. The van der Waals surface area contributed by atoms with Gasteiger partial charge in [0.25, 0.3) is 0 Å². The van der Waals surface area contributed by atoms with Crippen molar-refractivity contribution in [1.29, 1.82) is 0 Å². The molecule has 0 heterocycles. The van der Waals surface area contributed by atoms with E-state index in [0.29, 0.717) is 17.9 Å². The Kier molecular flexibility index (Phi) is 9.71. The molecule has 2 aromatic rings. The molecule has 0 radical (unpaired) electrons. The Morgan fingerprint density at radius 3 is 2.58 bits per heavy atom. The Hall–Kier alpha value is -2.10. The highest BCUT2D eigenvalue weighted by Gasteiger charge is 2.10. The lowest BCUT2D eigenvalue weighted by Crippen LogP contribution is -2.33. The van der Waals surface area contributed by atoms with Crippen molar-refractivity contribution in [2.75, 3.05) is 13.7 Å². The van der Waals surface area contributed by atoms with Crippen LogP contribution in [0.3, 0.4) is 0 Å². The van der Waals surface area contributed by atoms with E-state index in [4.69, 9.17) is 10.5 Å². The number of methoxy groups -OCH3 is 1. The van der Waals surface area contributed by atoms with E-state index in [9.17, 15) is 8.78 Å². The predicted molar refractivity (Wildman–Crippen MR) is 109 cm³/mol. The Labute approximate surface area is 168 Å². The van der Waals surface area contributed by atoms with Gasteiger partial charge in [-0.15, -0.1) is 24.0 Å². The maximum absolute atomic E-state index is 12.5. The molecule has 142 valence electrons. The number of hydrogen-bond donors (Lipinski definition) is 2. The minimum Gasteiger partial charge on any atom is -0.497 e. The van der Waals surface area contributed by atoms with Crippen LogP contribution in [-0.4, -0.2) is 26.2 Å². The number of nitrogens with zero attached hydrogens (tertiary/aromatic N) is 1. The lowest BCUT2D eigenvalue weighted by molar-refractivity contribution is -0.0504. The molecule has 2 aromatic carbocycles. The summed E-state index contributed by atoms with van der Waals surface area (Å²) >= 11 is 0. The van der Waals surface area contributed by atoms with E-state index in [1.54, 1.807) is 12.1 Å². The number of ether oxygens (including phenoxy) is 2. The van der Waals surface area contributed by atoms with Gasteiger partial charge in [0.05, 0.1) is 13.7 Å². The molecule has 0 aliphatic carbocycles. The second kappa shape index (κ2) is 11.5. The Balaban J connectivity index is 0.00000338. The Morgan fingerprint density at radius 1 is 1.19 bits per heavy atom. The van der Waals surface area contributed by atoms with Crippen LogP contribution in [0.15, 0.2) is 53.5 Å². The highest BCUT2D eigenvalue weighted by Crippen LogP contribution is 2.26. The molecule has 0 spiro atoms. The van der Waals surface area contributed by atoms with Crippen LogP contribution < -0.4 is 20.5 Å². The van der Waals surface area contributed by atoms with Crippen molar-refractivity contribution in [2.45, 2.75) is 19.6 Å². The van der Waals surface area contributed by atoms with Crippen molar-refractivity contribution in [3.05, 3.63) is 59.7 Å². The number of nitrogens with one attached hydrogen (secondary N) is 1. The minimum absolute atomic E-state index is 0. The average molecular weight is 477 g/mol. The van der Waals surface area contributed by atoms with E-state index in [1.165, 1.54) is 18.7 Å². The molecule has 0 amide bonds. The van der Waals surface area contributed by atoms with Crippen molar-refractivity contribution in [2.24, 2.45) is 10.7 Å². The van der Waals surface area contributed by atoms with Gasteiger partial charge in [0, 0.05) is 12.1 Å². The first-order valence-corrected chi connectivity index (χ1v) is 7.78. The summed E-state index contributed by atoms with van der Waals surface area (Å²) in [6.45, 7) is -2.18. The van der Waals surface area contributed by atoms with Crippen molar-refractivity contribution >= 4 is 29.9 Å².